The number of aromatic nitrogens is 2. The van der Waals surface area contributed by atoms with E-state index < -0.39 is 11.6 Å². The monoisotopic (exact) mass is 478 g/mol. The van der Waals surface area contributed by atoms with E-state index in [0.29, 0.717) is 49.7 Å². The normalized spacial score (nSPS) is 15.0. The van der Waals surface area contributed by atoms with Crippen molar-refractivity contribution in [2.24, 2.45) is 0 Å². The Bertz CT molecular complexity index is 1290. The van der Waals surface area contributed by atoms with Gasteiger partial charge < -0.3 is 14.5 Å². The number of rotatable bonds is 4. The molecule has 0 fully saturated rings. The minimum atomic E-state index is -0.601. The number of fused-ring (bicyclic) bond motifs is 2. The van der Waals surface area contributed by atoms with Crippen LogP contribution in [-0.4, -0.2) is 46.5 Å². The molecule has 0 spiro atoms. The second kappa shape index (κ2) is 9.24. The third kappa shape index (κ3) is 4.57. The Morgan fingerprint density at radius 1 is 1.11 bits per heavy atom. The molecule has 0 unspecified atom stereocenters. The lowest BCUT2D eigenvalue weighted by Crippen LogP contribution is -2.38. The van der Waals surface area contributed by atoms with Crippen LogP contribution in [0.5, 0.6) is 5.75 Å². The summed E-state index contributed by atoms with van der Waals surface area (Å²) >= 11 is 0. The van der Waals surface area contributed by atoms with Crippen LogP contribution in [0.4, 0.5) is 14.5 Å². The molecule has 35 heavy (non-hydrogen) atoms. The smallest absolute Gasteiger partial charge is 0.219 e. The van der Waals surface area contributed by atoms with Crippen molar-refractivity contribution < 1.29 is 18.3 Å². The molecule has 0 aliphatic carbocycles. The number of nitrogens with zero attached hydrogens (tertiary/aromatic N) is 4. The van der Waals surface area contributed by atoms with Crippen LogP contribution in [0.2, 0.25) is 0 Å². The lowest BCUT2D eigenvalue weighted by Gasteiger charge is -2.34. The highest BCUT2D eigenvalue weighted by molar-refractivity contribution is 5.74. The van der Waals surface area contributed by atoms with Crippen molar-refractivity contribution in [2.45, 2.75) is 46.2 Å². The van der Waals surface area contributed by atoms with E-state index in [0.717, 1.165) is 23.7 Å². The van der Waals surface area contributed by atoms with E-state index in [-0.39, 0.29) is 23.4 Å². The number of carbonyl (C=O) groups is 1. The molecule has 2 aromatic carbocycles. The van der Waals surface area contributed by atoms with Crippen LogP contribution in [0.15, 0.2) is 36.5 Å². The molecule has 5 rings (SSSR count). The van der Waals surface area contributed by atoms with Gasteiger partial charge in [0.05, 0.1) is 18.4 Å². The molecule has 2 aliphatic heterocycles. The standard InChI is InChI=1S/C27H28F2N4O2/c1-16(2)33-8-9-35-27-22(28)12-21(13-24(27)33)26-23(29)14-30-25(31-26)11-18-4-5-20-15-32(17(3)34)7-6-19(20)10-18/h4-5,10,12-14,16H,6-9,11,15H2,1-3H3. The van der Waals surface area contributed by atoms with Crippen molar-refractivity contribution in [1.82, 2.24) is 14.9 Å². The first kappa shape index (κ1) is 23.2. The zero-order valence-corrected chi connectivity index (χ0v) is 20.1. The van der Waals surface area contributed by atoms with Gasteiger partial charge in [0.15, 0.2) is 17.4 Å². The molecule has 8 heteroatoms. The predicted octanol–water partition coefficient (Wildman–Crippen LogP) is 4.52. The third-order valence-electron chi connectivity index (χ3n) is 6.69. The number of hydrogen-bond acceptors (Lipinski definition) is 5. The SMILES string of the molecule is CC(=O)N1CCc2cc(Cc3ncc(F)c(-c4cc(F)c5c(c4)N(C(C)C)CCO5)n3)ccc2C1. The fourth-order valence-electron chi connectivity index (χ4n) is 4.83. The molecule has 3 heterocycles. The molecule has 1 aromatic heterocycles. The average molecular weight is 479 g/mol. The summed E-state index contributed by atoms with van der Waals surface area (Å²) in [5.74, 6) is -0.403. The van der Waals surface area contributed by atoms with Gasteiger partial charge in [0, 0.05) is 38.0 Å². The highest BCUT2D eigenvalue weighted by atomic mass is 19.1. The number of ether oxygens (including phenoxy) is 1. The van der Waals surface area contributed by atoms with Crippen molar-refractivity contribution in [3.05, 3.63) is 70.7 Å². The highest BCUT2D eigenvalue weighted by Crippen LogP contribution is 2.39. The van der Waals surface area contributed by atoms with Gasteiger partial charge in [-0.3, -0.25) is 4.79 Å². The number of amides is 1. The molecule has 0 radical (unpaired) electrons. The first-order chi connectivity index (χ1) is 16.8. The fourth-order valence-corrected chi connectivity index (χ4v) is 4.83. The number of anilines is 1. The fraction of sp³-hybridized carbons (Fsp3) is 0.370. The van der Waals surface area contributed by atoms with E-state index >= 15 is 0 Å². The predicted molar refractivity (Wildman–Crippen MR) is 129 cm³/mol. The van der Waals surface area contributed by atoms with E-state index in [4.69, 9.17) is 4.74 Å². The average Bonchev–Trinajstić information content (AvgIpc) is 2.84. The molecule has 6 nitrogen and oxygen atoms in total. The summed E-state index contributed by atoms with van der Waals surface area (Å²) in [4.78, 5) is 24.2. The van der Waals surface area contributed by atoms with Crippen LogP contribution in [0, 0.1) is 11.6 Å². The molecule has 182 valence electrons. The van der Waals surface area contributed by atoms with Crippen molar-refractivity contribution in [3.63, 3.8) is 0 Å². The van der Waals surface area contributed by atoms with Crippen LogP contribution >= 0.6 is 0 Å². The lowest BCUT2D eigenvalue weighted by atomic mass is 9.96. The van der Waals surface area contributed by atoms with Crippen LogP contribution in [0.1, 0.15) is 43.3 Å². The second-order valence-corrected chi connectivity index (χ2v) is 9.40. The van der Waals surface area contributed by atoms with Crippen molar-refractivity contribution in [1.29, 1.82) is 0 Å². The van der Waals surface area contributed by atoms with E-state index in [1.54, 1.807) is 13.0 Å². The molecule has 3 aromatic rings. The van der Waals surface area contributed by atoms with Gasteiger partial charge in [0.2, 0.25) is 5.91 Å². The first-order valence-electron chi connectivity index (χ1n) is 11.9. The molecule has 0 bridgehead atoms. The molecule has 1 amide bonds. The van der Waals surface area contributed by atoms with Gasteiger partial charge in [0.25, 0.3) is 0 Å². The maximum absolute atomic E-state index is 14.9. The summed E-state index contributed by atoms with van der Waals surface area (Å²) in [5, 5.41) is 0. The van der Waals surface area contributed by atoms with Crippen molar-refractivity contribution >= 4 is 11.6 Å². The number of benzene rings is 2. The number of carbonyl (C=O) groups excluding carboxylic acids is 1. The largest absolute Gasteiger partial charge is 0.486 e. The summed E-state index contributed by atoms with van der Waals surface area (Å²) in [6.07, 6.45) is 2.36. The van der Waals surface area contributed by atoms with Gasteiger partial charge in [-0.15, -0.1) is 0 Å². The molecular formula is C27H28F2N4O2. The van der Waals surface area contributed by atoms with E-state index in [2.05, 4.69) is 16.0 Å². The molecule has 2 aliphatic rings. The summed E-state index contributed by atoms with van der Waals surface area (Å²) in [6, 6.07) is 9.29. The van der Waals surface area contributed by atoms with Crippen LogP contribution < -0.4 is 9.64 Å². The maximum atomic E-state index is 14.9. The highest BCUT2D eigenvalue weighted by Gasteiger charge is 2.26. The van der Waals surface area contributed by atoms with Crippen LogP contribution in [-0.2, 0) is 24.2 Å². The Hall–Kier alpha value is -3.55. The maximum Gasteiger partial charge on any atom is 0.219 e. The Morgan fingerprint density at radius 2 is 1.94 bits per heavy atom. The van der Waals surface area contributed by atoms with E-state index in [9.17, 15) is 13.6 Å². The molecule has 0 saturated heterocycles. The second-order valence-electron chi connectivity index (χ2n) is 9.40. The van der Waals surface area contributed by atoms with E-state index in [1.165, 1.54) is 11.6 Å². The van der Waals surface area contributed by atoms with Crippen LogP contribution in [0.3, 0.4) is 0 Å². The zero-order valence-electron chi connectivity index (χ0n) is 20.1. The molecule has 0 saturated carbocycles. The number of hydrogen-bond donors (Lipinski definition) is 0. The first-order valence-corrected chi connectivity index (χ1v) is 11.9. The van der Waals surface area contributed by atoms with Gasteiger partial charge in [0.1, 0.15) is 18.1 Å². The summed E-state index contributed by atoms with van der Waals surface area (Å²) in [5.41, 5.74) is 4.38. The molecule has 0 atom stereocenters. The summed E-state index contributed by atoms with van der Waals surface area (Å²) in [6.45, 7) is 7.99. The lowest BCUT2D eigenvalue weighted by molar-refractivity contribution is -0.129. The van der Waals surface area contributed by atoms with Gasteiger partial charge in [-0.05, 0) is 49.1 Å². The Balaban J connectivity index is 1.44. The Morgan fingerprint density at radius 3 is 2.71 bits per heavy atom. The zero-order chi connectivity index (χ0) is 24.7. The minimum Gasteiger partial charge on any atom is -0.486 e. The minimum absolute atomic E-state index is 0.0704. The quantitative estimate of drug-likeness (QED) is 0.552. The topological polar surface area (TPSA) is 58.6 Å². The van der Waals surface area contributed by atoms with Crippen molar-refractivity contribution in [2.75, 3.05) is 24.6 Å². The Labute approximate surface area is 203 Å². The summed E-state index contributed by atoms with van der Waals surface area (Å²) < 4.78 is 35.3. The Kier molecular flexibility index (Phi) is 6.13. The van der Waals surface area contributed by atoms with Gasteiger partial charge in [-0.25, -0.2) is 18.7 Å². The van der Waals surface area contributed by atoms with E-state index in [1.807, 2.05) is 35.8 Å². The third-order valence-corrected chi connectivity index (χ3v) is 6.69. The van der Waals surface area contributed by atoms with Gasteiger partial charge in [-0.1, -0.05) is 18.2 Å². The number of halogens is 2. The van der Waals surface area contributed by atoms with Gasteiger partial charge >= 0.3 is 0 Å². The van der Waals surface area contributed by atoms with Crippen LogP contribution in [0.25, 0.3) is 11.3 Å². The molecule has 0 N–H and O–H groups in total. The molecular weight excluding hydrogens is 450 g/mol. The van der Waals surface area contributed by atoms with Gasteiger partial charge in [-0.2, -0.15) is 0 Å². The van der Waals surface area contributed by atoms with Crippen molar-refractivity contribution in [3.8, 4) is 17.0 Å². The summed E-state index contributed by atoms with van der Waals surface area (Å²) in [7, 11) is 0.